The van der Waals surface area contributed by atoms with E-state index in [1.807, 2.05) is 4.90 Å². The topological polar surface area (TPSA) is 352 Å². The normalized spacial score (nSPS) is 24.1. The van der Waals surface area contributed by atoms with Gasteiger partial charge in [0.15, 0.2) is 5.72 Å². The van der Waals surface area contributed by atoms with Crippen LogP contribution in [0.1, 0.15) is 45.2 Å². The van der Waals surface area contributed by atoms with Crippen LogP contribution in [-0.2, 0) is 28.2 Å². The lowest BCUT2D eigenvalue weighted by atomic mass is 9.81. The molecule has 5 atom stereocenters. The first-order chi connectivity index (χ1) is 33.6. The van der Waals surface area contributed by atoms with Gasteiger partial charge in [0.2, 0.25) is 23.1 Å². The number of ether oxygens (including phenoxy) is 2. The molecule has 384 valence electrons. The Balaban J connectivity index is 0.000000186. The lowest BCUT2D eigenvalue weighted by molar-refractivity contribution is -0.137. The van der Waals surface area contributed by atoms with Crippen molar-refractivity contribution in [1.82, 2.24) is 30.6 Å². The molecular formula is C44H61Cl2N10O13P. The van der Waals surface area contributed by atoms with Crippen molar-refractivity contribution in [1.29, 1.82) is 0 Å². The van der Waals surface area contributed by atoms with Crippen molar-refractivity contribution >= 4 is 71.5 Å². The summed E-state index contributed by atoms with van der Waals surface area (Å²) in [5, 5.41) is 56.7. The first-order valence-corrected chi connectivity index (χ1v) is 25.3. The molecule has 0 aromatic heterocycles. The van der Waals surface area contributed by atoms with Crippen LogP contribution < -0.4 is 43.1 Å². The van der Waals surface area contributed by atoms with Crippen LogP contribution in [-0.4, -0.2) is 188 Å². The predicted octanol–water partition coefficient (Wildman–Crippen LogP) is 0.0936. The number of hydrogen-bond acceptors (Lipinski definition) is 20. The second-order valence-electron chi connectivity index (χ2n) is 16.6. The van der Waals surface area contributed by atoms with Gasteiger partial charge in [0, 0.05) is 113 Å². The van der Waals surface area contributed by atoms with Crippen LogP contribution in [0, 0.1) is 5.92 Å². The molecule has 2 aromatic rings. The average Bonchev–Trinajstić information content (AvgIpc) is 3.96. The Labute approximate surface area is 414 Å². The van der Waals surface area contributed by atoms with Gasteiger partial charge in [-0.2, -0.15) is 0 Å². The zero-order valence-corrected chi connectivity index (χ0v) is 41.2. The number of nitrogens with one attached hydrogen (secondary N) is 6. The quantitative estimate of drug-likeness (QED) is 0.0178. The van der Waals surface area contributed by atoms with Gasteiger partial charge in [-0.25, -0.2) is 14.6 Å². The number of fused-ring (bicyclic) bond motifs is 6. The highest BCUT2D eigenvalue weighted by molar-refractivity contribution is 7.54. The van der Waals surface area contributed by atoms with Crippen LogP contribution in [0.4, 0.5) is 16.2 Å². The van der Waals surface area contributed by atoms with Gasteiger partial charge in [-0.3, -0.25) is 23.7 Å². The van der Waals surface area contributed by atoms with E-state index >= 15 is 0 Å². The predicted molar refractivity (Wildman–Crippen MR) is 259 cm³/mol. The molecule has 2 aromatic carbocycles. The smallest absolute Gasteiger partial charge is 0.404 e. The Morgan fingerprint density at radius 2 is 1.46 bits per heavy atom. The Kier molecular flexibility index (Phi) is 18.7. The number of rotatable bonds is 20. The molecule has 3 saturated heterocycles. The van der Waals surface area contributed by atoms with Crippen LogP contribution in [0.15, 0.2) is 46.8 Å². The van der Waals surface area contributed by atoms with Crippen molar-refractivity contribution in [3.8, 4) is 11.5 Å². The second-order valence-corrected chi connectivity index (χ2v) is 19.6. The third kappa shape index (κ3) is 11.0. The maximum absolute atomic E-state index is 13.4. The number of aliphatic hydroxyl groups is 2. The van der Waals surface area contributed by atoms with Crippen molar-refractivity contribution < 1.29 is 63.0 Å². The molecule has 1 unspecified atom stereocenters. The van der Waals surface area contributed by atoms with Crippen molar-refractivity contribution in [2.24, 2.45) is 17.4 Å². The molecule has 6 aliphatic rings. The van der Waals surface area contributed by atoms with Gasteiger partial charge in [0.05, 0.1) is 65.4 Å². The van der Waals surface area contributed by atoms with Crippen molar-refractivity contribution in [3.63, 3.8) is 0 Å². The largest absolute Gasteiger partial charge is 0.507 e. The first-order valence-electron chi connectivity index (χ1n) is 22.7. The molecule has 14 N–H and O–H groups in total. The number of carbonyl (C=O) groups is 5. The van der Waals surface area contributed by atoms with Crippen molar-refractivity contribution in [2.75, 3.05) is 121 Å². The number of allylic oxidation sites excluding steroid dienone is 2. The summed E-state index contributed by atoms with van der Waals surface area (Å²) >= 11 is 11.1. The number of ketones is 4. The average molecular weight is 1040 g/mol. The number of phenols is 2. The SMILES string of the molecule is CO[C@@]12[C@H](COC(N)=O)C3=C(C(=O)C(C)=C(N)C3=O)N1C[C@@H]1N[C@@H]12.O=C1c2c(O)ccc(O)c2C(=O)c2c(NCCNCCO)ccc(NCCNCCO)c21.O=P1(NCCCl)OCCCN1CCCl. The molecule has 0 spiro atoms. The molecule has 0 radical (unpaired) electrons. The summed E-state index contributed by atoms with van der Waals surface area (Å²) in [6.07, 6.45) is -0.0573. The number of Topliss-reactive ketones (excluding diaryl/α,β-unsaturated/α-hetero) is 2. The Hall–Kier alpha value is -4.88. The first kappa shape index (κ1) is 54.5. The van der Waals surface area contributed by atoms with E-state index < -0.39 is 42.8 Å². The summed E-state index contributed by atoms with van der Waals surface area (Å²) in [7, 11) is -1.32. The third-order valence-electron chi connectivity index (χ3n) is 12.5. The van der Waals surface area contributed by atoms with Crippen LogP contribution in [0.25, 0.3) is 0 Å². The minimum absolute atomic E-state index is 0.00939. The zero-order chi connectivity index (χ0) is 50.9. The third-order valence-corrected chi connectivity index (χ3v) is 15.2. The number of carbonyl (C=O) groups excluding carboxylic acids is 5. The minimum atomic E-state index is -2.84. The van der Waals surface area contributed by atoms with E-state index in [0.29, 0.717) is 94.3 Å². The number of hydrogen-bond donors (Lipinski definition) is 12. The highest BCUT2D eigenvalue weighted by Gasteiger charge is 2.72. The van der Waals surface area contributed by atoms with E-state index in [2.05, 4.69) is 31.7 Å². The molecule has 4 heterocycles. The molecule has 3 fully saturated rings. The number of halogens is 2. The lowest BCUT2D eigenvalue weighted by Crippen LogP contribution is -2.55. The fourth-order valence-corrected chi connectivity index (χ4v) is 11.8. The monoisotopic (exact) mass is 1040 g/mol. The van der Waals surface area contributed by atoms with E-state index in [0.717, 1.165) is 13.0 Å². The van der Waals surface area contributed by atoms with Crippen molar-refractivity contribution in [2.45, 2.75) is 31.2 Å². The molecule has 4 aliphatic heterocycles. The number of nitrogens with two attached hydrogens (primary N) is 2. The van der Waals surface area contributed by atoms with Gasteiger partial charge < -0.3 is 77.4 Å². The highest BCUT2D eigenvalue weighted by Crippen LogP contribution is 2.55. The van der Waals surface area contributed by atoms with E-state index in [4.69, 9.17) is 58.9 Å². The lowest BCUT2D eigenvalue weighted by Gasteiger charge is -2.39. The molecule has 2 aliphatic carbocycles. The summed E-state index contributed by atoms with van der Waals surface area (Å²) in [5.41, 5.74) is 11.3. The number of aromatic hydroxyl groups is 2. The molecule has 8 rings (SSSR count). The van der Waals surface area contributed by atoms with Crippen molar-refractivity contribution in [3.05, 3.63) is 69.1 Å². The second kappa shape index (κ2) is 24.0. The van der Waals surface area contributed by atoms with Gasteiger partial charge in [0.25, 0.3) is 0 Å². The number of anilines is 2. The summed E-state index contributed by atoms with van der Waals surface area (Å²) < 4.78 is 30.0. The van der Waals surface area contributed by atoms with Gasteiger partial charge in [-0.1, -0.05) is 0 Å². The fourth-order valence-electron chi connectivity index (χ4n) is 9.27. The molecule has 0 bridgehead atoms. The number of aliphatic hydroxyl groups excluding tert-OH is 2. The van der Waals surface area contributed by atoms with E-state index in [1.165, 1.54) is 26.2 Å². The number of benzene rings is 2. The fraction of sp³-hybridized carbons (Fsp3) is 0.523. The Morgan fingerprint density at radius 1 is 0.871 bits per heavy atom. The van der Waals surface area contributed by atoms with Gasteiger partial charge in [-0.15, -0.1) is 23.2 Å². The molecule has 0 saturated carbocycles. The maximum atomic E-state index is 13.4. The number of phenolic OH excluding ortho intramolecular Hbond substituents is 2. The Bertz CT molecular complexity index is 2370. The number of piperazine rings is 1. The summed E-state index contributed by atoms with van der Waals surface area (Å²) in [6, 6.07) is 5.85. The highest BCUT2D eigenvalue weighted by atomic mass is 35.5. The molecule has 26 heteroatoms. The van der Waals surface area contributed by atoms with E-state index in [1.54, 1.807) is 16.8 Å². The Morgan fingerprint density at radius 3 is 1.97 bits per heavy atom. The summed E-state index contributed by atoms with van der Waals surface area (Å²) in [6.45, 7) is 7.08. The van der Waals surface area contributed by atoms with Gasteiger partial charge >= 0.3 is 13.8 Å². The molecule has 23 nitrogen and oxygen atoms in total. The molecule has 1 amide bonds. The standard InChI is InChI=1S/C22H28N4O6.C15H18N4O5.C7H15Cl2N2O2P/c27-11-9-23-5-7-25-13-1-2-14(26-8-6-24-10-12-28)18-17(13)21(31)19-15(29)3-4-16(30)20(19)22(18)32;1-5-9(16)12(21)8-6(4-24-14(17)22)15(23-2)13-7(18-13)3-19(15)10(8)11(5)20;8-2-4-10-14(12)11(6-3-9)5-1-7-13-14/h1-4,23-30H,5-12H2;6-7,13,18H,3-4,16H2,1-2H3,(H2,17,22);1-7H2,(H,10,12)/t;6-,7+,13+,15-;/m.1./s1. The zero-order valence-electron chi connectivity index (χ0n) is 38.8. The maximum Gasteiger partial charge on any atom is 0.404 e. The van der Waals surface area contributed by atoms with Gasteiger partial charge in [-0.05, 0) is 37.6 Å². The minimum Gasteiger partial charge on any atom is -0.507 e. The number of primary amides is 1. The van der Waals surface area contributed by atoms with E-state index in [-0.39, 0.29) is 88.3 Å². The van der Waals surface area contributed by atoms with Crippen LogP contribution >= 0.6 is 30.9 Å². The van der Waals surface area contributed by atoms with Crippen LogP contribution in [0.5, 0.6) is 11.5 Å². The number of amides is 1. The van der Waals surface area contributed by atoms with Crippen LogP contribution in [0.2, 0.25) is 0 Å². The number of methoxy groups -OCH3 is 1. The van der Waals surface area contributed by atoms with Crippen LogP contribution in [0.3, 0.4) is 0 Å². The van der Waals surface area contributed by atoms with Gasteiger partial charge in [0.1, 0.15) is 18.1 Å². The summed E-state index contributed by atoms with van der Waals surface area (Å²) in [5.74, 6) is -2.33. The number of alkyl halides is 2. The van der Waals surface area contributed by atoms with E-state index in [9.17, 15) is 38.8 Å². The number of nitrogens with zero attached hydrogens (tertiary/aromatic N) is 2. The summed E-state index contributed by atoms with van der Waals surface area (Å²) in [4.78, 5) is 65.2. The molecular weight excluding hydrogens is 978 g/mol. The molecule has 70 heavy (non-hydrogen) atoms.